The lowest BCUT2D eigenvalue weighted by Crippen LogP contribution is -1.85. The average Bonchev–Trinajstić information content (AvgIpc) is 2.85. The molecule has 4 aromatic carbocycles. The van der Waals surface area contributed by atoms with Gasteiger partial charge in [0.05, 0.1) is 11.4 Å². The van der Waals surface area contributed by atoms with Gasteiger partial charge in [0, 0.05) is 38.1 Å². The van der Waals surface area contributed by atoms with E-state index in [1.165, 1.54) is 0 Å². The van der Waals surface area contributed by atoms with Crippen LogP contribution in [0.4, 0.5) is 11.4 Å². The Morgan fingerprint density at radius 1 is 0.618 bits per heavy atom. The number of aliphatic imine (C=N–C) groups is 2. The van der Waals surface area contributed by atoms with Gasteiger partial charge in [-0.3, -0.25) is 14.8 Å². The van der Waals surface area contributed by atoms with Crippen LogP contribution < -0.4 is 0 Å². The quantitative estimate of drug-likeness (QED) is 0.183. The lowest BCUT2D eigenvalue weighted by Gasteiger charge is -2.07. The SMILES string of the molecule is O=Cc1ccc(-c2ccc(N=Cc3cc(Br)ccc3O)c(N=Cc3cc(Br)ccc3O)c2)cc1. The van der Waals surface area contributed by atoms with Crippen LogP contribution in [0.5, 0.6) is 11.5 Å². The molecule has 0 heterocycles. The first kappa shape index (κ1) is 23.6. The van der Waals surface area contributed by atoms with Gasteiger partial charge in [-0.15, -0.1) is 0 Å². The lowest BCUT2D eigenvalue weighted by atomic mass is 10.0. The number of carbonyl (C=O) groups excluding carboxylic acids is 1. The number of aromatic hydroxyl groups is 2. The van der Waals surface area contributed by atoms with E-state index in [1.54, 1.807) is 61.0 Å². The normalized spacial score (nSPS) is 11.4. The minimum absolute atomic E-state index is 0.108. The molecule has 0 aromatic heterocycles. The van der Waals surface area contributed by atoms with E-state index in [0.29, 0.717) is 28.1 Å². The highest BCUT2D eigenvalue weighted by molar-refractivity contribution is 9.10. The fourth-order valence-electron chi connectivity index (χ4n) is 3.21. The highest BCUT2D eigenvalue weighted by Crippen LogP contribution is 2.34. The fourth-order valence-corrected chi connectivity index (χ4v) is 3.96. The van der Waals surface area contributed by atoms with Crippen LogP contribution in [0.2, 0.25) is 0 Å². The number of benzene rings is 4. The van der Waals surface area contributed by atoms with Gasteiger partial charge in [0.1, 0.15) is 17.8 Å². The number of phenols is 2. The average molecular weight is 578 g/mol. The molecule has 0 aliphatic rings. The van der Waals surface area contributed by atoms with Crippen molar-refractivity contribution in [2.24, 2.45) is 9.98 Å². The first-order valence-corrected chi connectivity index (χ1v) is 11.8. The number of rotatable bonds is 6. The van der Waals surface area contributed by atoms with Gasteiger partial charge in [0.25, 0.3) is 0 Å². The molecule has 0 bridgehead atoms. The molecule has 0 spiro atoms. The molecule has 0 saturated carbocycles. The van der Waals surface area contributed by atoms with Crippen molar-refractivity contribution in [2.45, 2.75) is 0 Å². The van der Waals surface area contributed by atoms with Crippen LogP contribution in [0.25, 0.3) is 11.1 Å². The maximum Gasteiger partial charge on any atom is 0.150 e. The van der Waals surface area contributed by atoms with Gasteiger partial charge >= 0.3 is 0 Å². The summed E-state index contributed by atoms with van der Waals surface area (Å²) in [6.45, 7) is 0. The van der Waals surface area contributed by atoms with E-state index in [-0.39, 0.29) is 11.5 Å². The van der Waals surface area contributed by atoms with Crippen molar-refractivity contribution < 1.29 is 15.0 Å². The summed E-state index contributed by atoms with van der Waals surface area (Å²) in [6.07, 6.45) is 3.95. The standard InChI is InChI=1S/C27H18Br2N2O3/c28-22-6-9-26(33)20(11-22)14-30-24-8-5-19(18-3-1-17(16-32)2-4-18)13-25(24)31-15-21-12-23(29)7-10-27(21)34/h1-16,33-34H. The molecule has 168 valence electrons. The Balaban J connectivity index is 1.77. The molecule has 0 radical (unpaired) electrons. The Morgan fingerprint density at radius 2 is 1.15 bits per heavy atom. The van der Waals surface area contributed by atoms with Crippen LogP contribution >= 0.6 is 31.9 Å². The van der Waals surface area contributed by atoms with E-state index in [4.69, 9.17) is 0 Å². The minimum Gasteiger partial charge on any atom is -0.507 e. The van der Waals surface area contributed by atoms with Gasteiger partial charge in [-0.2, -0.15) is 0 Å². The molecule has 2 N–H and O–H groups in total. The van der Waals surface area contributed by atoms with Gasteiger partial charge in [0.2, 0.25) is 0 Å². The molecule has 0 aliphatic heterocycles. The summed E-state index contributed by atoms with van der Waals surface area (Å²) in [4.78, 5) is 20.1. The van der Waals surface area contributed by atoms with Crippen molar-refractivity contribution in [3.63, 3.8) is 0 Å². The topological polar surface area (TPSA) is 82.2 Å². The molecule has 5 nitrogen and oxygen atoms in total. The van der Waals surface area contributed by atoms with Crippen molar-refractivity contribution >= 4 is 62.0 Å². The molecule has 7 heteroatoms. The Hall–Kier alpha value is -3.55. The third-order valence-corrected chi connectivity index (χ3v) is 6.01. The third kappa shape index (κ3) is 5.68. The third-order valence-electron chi connectivity index (χ3n) is 5.02. The second kappa shape index (κ2) is 10.6. The van der Waals surface area contributed by atoms with Gasteiger partial charge in [-0.05, 0) is 59.7 Å². The zero-order chi connectivity index (χ0) is 24.1. The van der Waals surface area contributed by atoms with Crippen LogP contribution in [0.3, 0.4) is 0 Å². The van der Waals surface area contributed by atoms with Crippen LogP contribution in [-0.2, 0) is 0 Å². The molecule has 0 unspecified atom stereocenters. The van der Waals surface area contributed by atoms with Crippen molar-refractivity contribution in [3.05, 3.63) is 104 Å². The van der Waals surface area contributed by atoms with Crippen molar-refractivity contribution in [3.8, 4) is 22.6 Å². The van der Waals surface area contributed by atoms with Gasteiger partial charge in [-0.25, -0.2) is 0 Å². The Bertz CT molecular complexity index is 1410. The predicted octanol–water partition coefficient (Wildman–Crippen LogP) is 7.60. The Labute approximate surface area is 213 Å². The monoisotopic (exact) mass is 576 g/mol. The van der Waals surface area contributed by atoms with E-state index in [9.17, 15) is 15.0 Å². The lowest BCUT2D eigenvalue weighted by molar-refractivity contribution is 0.112. The predicted molar refractivity (Wildman–Crippen MR) is 143 cm³/mol. The molecular weight excluding hydrogens is 560 g/mol. The largest absolute Gasteiger partial charge is 0.507 e. The molecular formula is C27H18Br2N2O3. The summed E-state index contributed by atoms with van der Waals surface area (Å²) in [5.41, 5.74) is 4.68. The number of hydrogen-bond donors (Lipinski definition) is 2. The summed E-state index contributed by atoms with van der Waals surface area (Å²) in [7, 11) is 0. The number of carbonyl (C=O) groups is 1. The van der Waals surface area contributed by atoms with Crippen molar-refractivity contribution in [1.82, 2.24) is 0 Å². The molecule has 0 aliphatic carbocycles. The van der Waals surface area contributed by atoms with Gasteiger partial charge < -0.3 is 10.2 Å². The Morgan fingerprint density at radius 3 is 1.71 bits per heavy atom. The summed E-state index contributed by atoms with van der Waals surface area (Å²) in [5, 5.41) is 20.3. The number of halogens is 2. The van der Waals surface area contributed by atoms with E-state index in [1.807, 2.05) is 30.3 Å². The highest BCUT2D eigenvalue weighted by atomic mass is 79.9. The van der Waals surface area contributed by atoms with Crippen LogP contribution in [0.1, 0.15) is 21.5 Å². The number of aldehydes is 1. The maximum absolute atomic E-state index is 11.0. The first-order valence-electron chi connectivity index (χ1n) is 10.2. The molecule has 4 aromatic rings. The van der Waals surface area contributed by atoms with Crippen LogP contribution in [-0.4, -0.2) is 28.9 Å². The van der Waals surface area contributed by atoms with Gasteiger partial charge in [-0.1, -0.05) is 62.2 Å². The Kier molecular flexibility index (Phi) is 7.35. The minimum atomic E-state index is 0.108. The van der Waals surface area contributed by atoms with E-state index >= 15 is 0 Å². The second-order valence-electron chi connectivity index (χ2n) is 7.37. The van der Waals surface area contributed by atoms with E-state index in [0.717, 1.165) is 26.4 Å². The number of nitrogens with zero attached hydrogens (tertiary/aromatic N) is 2. The fraction of sp³-hybridized carbons (Fsp3) is 0. The maximum atomic E-state index is 11.0. The van der Waals surface area contributed by atoms with Crippen molar-refractivity contribution in [1.29, 1.82) is 0 Å². The van der Waals surface area contributed by atoms with Crippen LogP contribution in [0, 0.1) is 0 Å². The summed E-state index contributed by atoms with van der Waals surface area (Å²) in [6, 6.07) is 23.1. The zero-order valence-electron chi connectivity index (χ0n) is 17.7. The molecule has 0 atom stereocenters. The number of phenolic OH excluding ortho intramolecular Hbond substituents is 2. The molecule has 0 amide bonds. The van der Waals surface area contributed by atoms with Crippen molar-refractivity contribution in [2.75, 3.05) is 0 Å². The number of hydrogen-bond acceptors (Lipinski definition) is 5. The zero-order valence-corrected chi connectivity index (χ0v) is 20.9. The van der Waals surface area contributed by atoms with Gasteiger partial charge in [0.15, 0.2) is 0 Å². The summed E-state index contributed by atoms with van der Waals surface area (Å²) in [5.74, 6) is 0.222. The smallest absolute Gasteiger partial charge is 0.150 e. The molecule has 0 fully saturated rings. The second-order valence-corrected chi connectivity index (χ2v) is 9.20. The summed E-state index contributed by atoms with van der Waals surface area (Å²) < 4.78 is 1.64. The molecule has 0 saturated heterocycles. The molecule has 4 rings (SSSR count). The van der Waals surface area contributed by atoms with E-state index < -0.39 is 0 Å². The van der Waals surface area contributed by atoms with Crippen LogP contribution in [0.15, 0.2) is 97.8 Å². The first-order chi connectivity index (χ1) is 16.4. The van der Waals surface area contributed by atoms with E-state index in [2.05, 4.69) is 41.8 Å². The highest BCUT2D eigenvalue weighted by Gasteiger charge is 2.07. The molecule has 34 heavy (non-hydrogen) atoms. The summed E-state index contributed by atoms with van der Waals surface area (Å²) >= 11 is 6.81.